The molecule has 32 heavy (non-hydrogen) atoms. The quantitative estimate of drug-likeness (QED) is 0.309. The molecule has 0 aliphatic rings. The van der Waals surface area contributed by atoms with E-state index >= 15 is 0 Å². The van der Waals surface area contributed by atoms with Crippen molar-refractivity contribution in [1.29, 1.82) is 0 Å². The summed E-state index contributed by atoms with van der Waals surface area (Å²) in [5.41, 5.74) is 2.69. The van der Waals surface area contributed by atoms with Gasteiger partial charge in [0.2, 0.25) is 0 Å². The van der Waals surface area contributed by atoms with E-state index in [1.807, 2.05) is 24.4 Å². The molecule has 152 valence electrons. The summed E-state index contributed by atoms with van der Waals surface area (Å²) < 4.78 is 6.53. The van der Waals surface area contributed by atoms with Crippen molar-refractivity contribution in [2.45, 2.75) is 0 Å². The molecule has 0 spiro atoms. The first-order chi connectivity index (χ1) is 15.9. The molecule has 0 aliphatic carbocycles. The SMILES string of the molecule is c1ccc([Si](c2ccccc2)(c2ccccc2)c2ccnc3c2oc2ccccc23)cc1. The van der Waals surface area contributed by atoms with Crippen molar-refractivity contribution < 1.29 is 4.42 Å². The Morgan fingerprint density at radius 2 is 1.03 bits per heavy atom. The molecule has 0 N–H and O–H groups in total. The molecule has 0 amide bonds. The summed E-state index contributed by atoms with van der Waals surface area (Å²) >= 11 is 0. The van der Waals surface area contributed by atoms with Crippen molar-refractivity contribution in [2.24, 2.45) is 0 Å². The average Bonchev–Trinajstić information content (AvgIpc) is 3.26. The van der Waals surface area contributed by atoms with Crippen LogP contribution in [-0.4, -0.2) is 13.1 Å². The van der Waals surface area contributed by atoms with E-state index in [4.69, 9.17) is 9.40 Å². The number of hydrogen-bond acceptors (Lipinski definition) is 2. The monoisotopic (exact) mass is 427 g/mol. The van der Waals surface area contributed by atoms with E-state index in [1.165, 1.54) is 20.7 Å². The number of furan rings is 1. The highest BCUT2D eigenvalue weighted by Gasteiger charge is 2.43. The van der Waals surface area contributed by atoms with Gasteiger partial charge < -0.3 is 4.42 Å². The highest BCUT2D eigenvalue weighted by atomic mass is 28.3. The minimum Gasteiger partial charge on any atom is -0.454 e. The van der Waals surface area contributed by atoms with Crippen LogP contribution >= 0.6 is 0 Å². The minimum atomic E-state index is -2.66. The topological polar surface area (TPSA) is 26.0 Å². The molecule has 0 radical (unpaired) electrons. The zero-order valence-electron chi connectivity index (χ0n) is 17.5. The lowest BCUT2D eigenvalue weighted by molar-refractivity contribution is 0.670. The van der Waals surface area contributed by atoms with E-state index < -0.39 is 8.07 Å². The second-order valence-corrected chi connectivity index (χ2v) is 11.8. The van der Waals surface area contributed by atoms with Gasteiger partial charge in [-0.05, 0) is 33.8 Å². The van der Waals surface area contributed by atoms with E-state index in [2.05, 4.69) is 103 Å². The van der Waals surface area contributed by atoms with Crippen LogP contribution in [0.15, 0.2) is 132 Å². The van der Waals surface area contributed by atoms with Gasteiger partial charge in [-0.2, -0.15) is 0 Å². The fourth-order valence-electron chi connectivity index (χ4n) is 4.93. The summed E-state index contributed by atoms with van der Waals surface area (Å²) in [6.45, 7) is 0. The van der Waals surface area contributed by atoms with Crippen LogP contribution in [-0.2, 0) is 0 Å². The maximum atomic E-state index is 6.53. The zero-order chi connectivity index (χ0) is 21.4. The third-order valence-electron chi connectivity index (χ3n) is 6.28. The Morgan fingerprint density at radius 3 is 1.59 bits per heavy atom. The van der Waals surface area contributed by atoms with Crippen LogP contribution < -0.4 is 20.7 Å². The standard InChI is InChI=1S/C29H21NOSi/c1-4-12-22(13-5-1)32(23-14-6-2-7-15-23,24-16-8-3-9-17-24)27-20-21-30-28-25-18-10-11-19-26(25)31-29(27)28/h1-21H. The highest BCUT2D eigenvalue weighted by Crippen LogP contribution is 2.27. The molecule has 0 fully saturated rings. The van der Waals surface area contributed by atoms with Crippen LogP contribution in [0.25, 0.3) is 22.1 Å². The van der Waals surface area contributed by atoms with Crippen LogP contribution in [0.2, 0.25) is 0 Å². The number of nitrogens with zero attached hydrogens (tertiary/aromatic N) is 1. The normalized spacial score (nSPS) is 11.8. The fourth-order valence-corrected chi connectivity index (χ4v) is 9.78. The van der Waals surface area contributed by atoms with Gasteiger partial charge in [0.05, 0.1) is 0 Å². The van der Waals surface area contributed by atoms with Crippen LogP contribution in [0.3, 0.4) is 0 Å². The highest BCUT2D eigenvalue weighted by molar-refractivity contribution is 7.20. The maximum absolute atomic E-state index is 6.53. The van der Waals surface area contributed by atoms with Crippen LogP contribution in [0, 0.1) is 0 Å². The molecule has 2 nitrogen and oxygen atoms in total. The smallest absolute Gasteiger partial charge is 0.184 e. The Balaban J connectivity index is 1.82. The molecular formula is C29H21NOSi. The lowest BCUT2D eigenvalue weighted by Gasteiger charge is -2.34. The molecule has 0 saturated heterocycles. The Labute approximate surface area is 187 Å². The van der Waals surface area contributed by atoms with E-state index in [-0.39, 0.29) is 0 Å². The lowest BCUT2D eigenvalue weighted by atomic mass is 10.2. The molecular weight excluding hydrogens is 406 g/mol. The van der Waals surface area contributed by atoms with Gasteiger partial charge in [-0.1, -0.05) is 103 Å². The van der Waals surface area contributed by atoms with Crippen LogP contribution in [0.1, 0.15) is 0 Å². The summed E-state index contributed by atoms with van der Waals surface area (Å²) in [6.07, 6.45) is 1.94. The summed E-state index contributed by atoms with van der Waals surface area (Å²) in [5, 5.41) is 6.25. The van der Waals surface area contributed by atoms with Crippen LogP contribution in [0.4, 0.5) is 0 Å². The predicted molar refractivity (Wildman–Crippen MR) is 135 cm³/mol. The van der Waals surface area contributed by atoms with E-state index in [1.54, 1.807) is 0 Å². The van der Waals surface area contributed by atoms with E-state index in [0.717, 1.165) is 22.1 Å². The first kappa shape index (κ1) is 18.8. The number of hydrogen-bond donors (Lipinski definition) is 0. The predicted octanol–water partition coefficient (Wildman–Crippen LogP) is 4.36. The van der Waals surface area contributed by atoms with E-state index in [9.17, 15) is 0 Å². The Kier molecular flexibility index (Phi) is 4.48. The molecule has 6 aromatic rings. The molecule has 4 aromatic carbocycles. The van der Waals surface area contributed by atoms with Gasteiger partial charge in [-0.3, -0.25) is 4.98 Å². The molecule has 2 heterocycles. The molecule has 0 aliphatic heterocycles. The van der Waals surface area contributed by atoms with Gasteiger partial charge >= 0.3 is 0 Å². The van der Waals surface area contributed by atoms with Gasteiger partial charge in [0.25, 0.3) is 0 Å². The Morgan fingerprint density at radius 1 is 0.531 bits per heavy atom. The van der Waals surface area contributed by atoms with Gasteiger partial charge in [-0.25, -0.2) is 0 Å². The number of benzene rings is 4. The van der Waals surface area contributed by atoms with Crippen LogP contribution in [0.5, 0.6) is 0 Å². The number of pyridine rings is 1. The first-order valence-corrected chi connectivity index (χ1v) is 12.8. The van der Waals surface area contributed by atoms with Gasteiger partial charge in [0, 0.05) is 16.8 Å². The number of para-hydroxylation sites is 1. The largest absolute Gasteiger partial charge is 0.454 e. The first-order valence-electron chi connectivity index (χ1n) is 10.8. The molecule has 0 unspecified atom stereocenters. The third-order valence-corrected chi connectivity index (χ3v) is 11.1. The second-order valence-electron chi connectivity index (χ2n) is 7.98. The van der Waals surface area contributed by atoms with Crippen molar-refractivity contribution in [3.63, 3.8) is 0 Å². The third kappa shape index (κ3) is 2.75. The molecule has 0 atom stereocenters. The molecule has 3 heteroatoms. The zero-order valence-corrected chi connectivity index (χ0v) is 18.5. The van der Waals surface area contributed by atoms with Crippen molar-refractivity contribution in [3.05, 3.63) is 128 Å². The second kappa shape index (κ2) is 7.63. The summed E-state index contributed by atoms with van der Waals surface area (Å²) in [4.78, 5) is 4.75. The van der Waals surface area contributed by atoms with Gasteiger partial charge in [0.1, 0.15) is 11.1 Å². The summed E-state index contributed by atoms with van der Waals surface area (Å²) in [5.74, 6) is 0. The molecule has 6 rings (SSSR count). The minimum absolute atomic E-state index is 0.875. The Hall–Kier alpha value is -3.95. The van der Waals surface area contributed by atoms with Crippen molar-refractivity contribution in [3.8, 4) is 0 Å². The van der Waals surface area contributed by atoms with Crippen molar-refractivity contribution in [2.75, 3.05) is 0 Å². The summed E-state index contributed by atoms with van der Waals surface area (Å²) in [6, 6.07) is 43.0. The number of rotatable bonds is 4. The maximum Gasteiger partial charge on any atom is 0.184 e. The Bertz CT molecular complexity index is 1410. The van der Waals surface area contributed by atoms with E-state index in [0.29, 0.717) is 0 Å². The number of fused-ring (bicyclic) bond motifs is 3. The summed E-state index contributed by atoms with van der Waals surface area (Å²) in [7, 11) is -2.66. The molecule has 0 saturated carbocycles. The molecule has 0 bridgehead atoms. The van der Waals surface area contributed by atoms with Gasteiger partial charge in [0.15, 0.2) is 13.7 Å². The average molecular weight is 428 g/mol. The number of aromatic nitrogens is 1. The van der Waals surface area contributed by atoms with Gasteiger partial charge in [-0.15, -0.1) is 0 Å². The van der Waals surface area contributed by atoms with Crippen molar-refractivity contribution in [1.82, 2.24) is 4.98 Å². The van der Waals surface area contributed by atoms with Crippen molar-refractivity contribution >= 4 is 50.9 Å². The lowest BCUT2D eigenvalue weighted by Crippen LogP contribution is -2.74. The molecule has 2 aromatic heterocycles. The fraction of sp³-hybridized carbons (Fsp3) is 0.